The third-order valence-electron chi connectivity index (χ3n) is 5.60. The van der Waals surface area contributed by atoms with Gasteiger partial charge < -0.3 is 14.6 Å². The number of nitrogens with one attached hydrogen (secondary N) is 1. The van der Waals surface area contributed by atoms with Gasteiger partial charge in [0, 0.05) is 30.6 Å². The van der Waals surface area contributed by atoms with E-state index in [1.54, 1.807) is 12.1 Å². The van der Waals surface area contributed by atoms with Crippen LogP contribution in [0.25, 0.3) is 11.5 Å². The number of likely N-dealkylation sites (tertiary alicyclic amines) is 1. The van der Waals surface area contributed by atoms with Crippen LogP contribution in [0.15, 0.2) is 28.7 Å². The Balaban J connectivity index is 1.31. The van der Waals surface area contributed by atoms with Gasteiger partial charge in [0.05, 0.1) is 0 Å². The van der Waals surface area contributed by atoms with E-state index in [4.69, 9.17) is 4.42 Å². The zero-order chi connectivity index (χ0) is 18.6. The number of hydrogen-bond acceptors (Lipinski definition) is 4. The molecule has 27 heavy (non-hydrogen) atoms. The van der Waals surface area contributed by atoms with E-state index in [0.717, 1.165) is 25.7 Å². The number of carbonyl (C=O) groups excluding carboxylic acids is 1. The Labute approximate surface area is 158 Å². The summed E-state index contributed by atoms with van der Waals surface area (Å²) in [6, 6.07) is 6.40. The van der Waals surface area contributed by atoms with Crippen molar-refractivity contribution in [1.29, 1.82) is 0 Å². The molecular formula is C20H25FN4O2. The van der Waals surface area contributed by atoms with Crippen LogP contribution in [0, 0.1) is 5.82 Å². The van der Waals surface area contributed by atoms with Gasteiger partial charge >= 0.3 is 6.03 Å². The Bertz CT molecular complexity index is 763. The van der Waals surface area contributed by atoms with Crippen molar-refractivity contribution >= 4 is 6.03 Å². The zero-order valence-electron chi connectivity index (χ0n) is 15.4. The number of carbonyl (C=O) groups is 1. The standard InChI is InChI=1S/C20H25FN4O2/c21-16-8-6-14(7-9-16)18-23-24-19(27-18)15-10-12-25(13-11-15)20(26)22-17-4-2-1-3-5-17/h6-9,15,17H,1-5,10-13H2,(H,22,26). The highest BCUT2D eigenvalue weighted by Crippen LogP contribution is 2.29. The Kier molecular flexibility index (Phi) is 5.36. The molecule has 2 aromatic rings. The molecule has 0 spiro atoms. The van der Waals surface area contributed by atoms with E-state index in [1.165, 1.54) is 31.4 Å². The van der Waals surface area contributed by atoms with E-state index in [0.29, 0.717) is 36.5 Å². The second-order valence-electron chi connectivity index (χ2n) is 7.50. The maximum Gasteiger partial charge on any atom is 0.317 e. The summed E-state index contributed by atoms with van der Waals surface area (Å²) in [5, 5.41) is 11.4. The largest absolute Gasteiger partial charge is 0.420 e. The fraction of sp³-hybridized carbons (Fsp3) is 0.550. The van der Waals surface area contributed by atoms with Gasteiger partial charge in [-0.25, -0.2) is 9.18 Å². The highest BCUT2D eigenvalue weighted by atomic mass is 19.1. The van der Waals surface area contributed by atoms with Gasteiger partial charge in [-0.1, -0.05) is 19.3 Å². The molecule has 6 nitrogen and oxygen atoms in total. The summed E-state index contributed by atoms with van der Waals surface area (Å²) in [7, 11) is 0. The molecule has 2 fully saturated rings. The first-order chi connectivity index (χ1) is 13.2. The molecular weight excluding hydrogens is 347 g/mol. The van der Waals surface area contributed by atoms with E-state index in [-0.39, 0.29) is 17.8 Å². The normalized spacial score (nSPS) is 19.2. The van der Waals surface area contributed by atoms with E-state index in [1.807, 2.05) is 4.90 Å². The molecule has 1 aliphatic carbocycles. The summed E-state index contributed by atoms with van der Waals surface area (Å²) >= 11 is 0. The third kappa shape index (κ3) is 4.28. The van der Waals surface area contributed by atoms with Crippen LogP contribution in [0.2, 0.25) is 0 Å². The first-order valence-corrected chi connectivity index (χ1v) is 9.84. The van der Waals surface area contributed by atoms with Gasteiger partial charge in [0.15, 0.2) is 0 Å². The zero-order valence-corrected chi connectivity index (χ0v) is 15.4. The maximum absolute atomic E-state index is 13.0. The van der Waals surface area contributed by atoms with Crippen molar-refractivity contribution in [3.63, 3.8) is 0 Å². The van der Waals surface area contributed by atoms with E-state index in [2.05, 4.69) is 15.5 Å². The summed E-state index contributed by atoms with van der Waals surface area (Å²) in [4.78, 5) is 14.4. The summed E-state index contributed by atoms with van der Waals surface area (Å²) in [5.74, 6) is 0.868. The minimum Gasteiger partial charge on any atom is -0.420 e. The van der Waals surface area contributed by atoms with Crippen LogP contribution in [0.5, 0.6) is 0 Å². The predicted molar refractivity (Wildman–Crippen MR) is 98.6 cm³/mol. The van der Waals surface area contributed by atoms with Gasteiger partial charge in [0.1, 0.15) is 5.82 Å². The third-order valence-corrected chi connectivity index (χ3v) is 5.60. The minimum atomic E-state index is -0.294. The molecule has 2 heterocycles. The van der Waals surface area contributed by atoms with E-state index >= 15 is 0 Å². The van der Waals surface area contributed by atoms with Gasteiger partial charge in [0.2, 0.25) is 11.8 Å². The number of amides is 2. The molecule has 4 rings (SSSR count). The minimum absolute atomic E-state index is 0.0536. The van der Waals surface area contributed by atoms with Crippen LogP contribution in [-0.4, -0.2) is 40.3 Å². The lowest BCUT2D eigenvalue weighted by Gasteiger charge is -2.32. The Morgan fingerprint density at radius 3 is 2.44 bits per heavy atom. The average molecular weight is 372 g/mol. The van der Waals surface area contributed by atoms with Gasteiger partial charge in [-0.2, -0.15) is 0 Å². The molecule has 7 heteroatoms. The Hall–Kier alpha value is -2.44. The molecule has 1 aliphatic heterocycles. The van der Waals surface area contributed by atoms with Crippen molar-refractivity contribution in [2.45, 2.75) is 56.9 Å². The summed E-state index contributed by atoms with van der Waals surface area (Å²) in [6.07, 6.45) is 7.50. The number of rotatable bonds is 3. The van der Waals surface area contributed by atoms with Crippen molar-refractivity contribution in [3.05, 3.63) is 36.0 Å². The lowest BCUT2D eigenvalue weighted by atomic mass is 9.95. The number of benzene rings is 1. The number of hydrogen-bond donors (Lipinski definition) is 1. The van der Waals surface area contributed by atoms with Gasteiger partial charge in [0.25, 0.3) is 0 Å². The van der Waals surface area contributed by atoms with E-state index in [9.17, 15) is 9.18 Å². The van der Waals surface area contributed by atoms with Gasteiger partial charge in [-0.3, -0.25) is 0 Å². The summed E-state index contributed by atoms with van der Waals surface area (Å²) in [6.45, 7) is 1.38. The first-order valence-electron chi connectivity index (χ1n) is 9.84. The molecule has 0 unspecified atom stereocenters. The number of piperidine rings is 1. The van der Waals surface area contributed by atoms with Crippen LogP contribution in [0.1, 0.15) is 56.8 Å². The highest BCUT2D eigenvalue weighted by molar-refractivity contribution is 5.74. The quantitative estimate of drug-likeness (QED) is 0.881. The molecule has 2 aliphatic rings. The van der Waals surface area contributed by atoms with E-state index < -0.39 is 0 Å². The fourth-order valence-electron chi connectivity index (χ4n) is 3.95. The van der Waals surface area contributed by atoms with Crippen LogP contribution in [0.4, 0.5) is 9.18 Å². The van der Waals surface area contributed by atoms with Crippen LogP contribution in [0.3, 0.4) is 0 Å². The summed E-state index contributed by atoms with van der Waals surface area (Å²) in [5.41, 5.74) is 0.708. The summed E-state index contributed by atoms with van der Waals surface area (Å²) < 4.78 is 18.8. The highest BCUT2D eigenvalue weighted by Gasteiger charge is 2.28. The monoisotopic (exact) mass is 372 g/mol. The lowest BCUT2D eigenvalue weighted by molar-refractivity contribution is 0.171. The molecule has 1 saturated carbocycles. The Morgan fingerprint density at radius 2 is 1.74 bits per heavy atom. The van der Waals surface area contributed by atoms with Crippen molar-refractivity contribution in [2.24, 2.45) is 0 Å². The topological polar surface area (TPSA) is 71.3 Å². The molecule has 2 amide bonds. The molecule has 1 aromatic heterocycles. The number of urea groups is 1. The van der Waals surface area contributed by atoms with Crippen molar-refractivity contribution < 1.29 is 13.6 Å². The van der Waals surface area contributed by atoms with Crippen molar-refractivity contribution in [3.8, 4) is 11.5 Å². The average Bonchev–Trinajstić information content (AvgIpc) is 3.20. The molecule has 144 valence electrons. The van der Waals surface area contributed by atoms with Crippen molar-refractivity contribution in [1.82, 2.24) is 20.4 Å². The van der Waals surface area contributed by atoms with Gasteiger partial charge in [-0.15, -0.1) is 10.2 Å². The number of halogens is 1. The van der Waals surface area contributed by atoms with Crippen LogP contribution >= 0.6 is 0 Å². The second kappa shape index (κ2) is 8.06. The molecule has 1 aromatic carbocycles. The van der Waals surface area contributed by atoms with Crippen LogP contribution < -0.4 is 5.32 Å². The number of aromatic nitrogens is 2. The molecule has 0 atom stereocenters. The Morgan fingerprint density at radius 1 is 1.04 bits per heavy atom. The molecule has 1 N–H and O–H groups in total. The smallest absolute Gasteiger partial charge is 0.317 e. The van der Waals surface area contributed by atoms with Gasteiger partial charge in [-0.05, 0) is 49.9 Å². The second-order valence-corrected chi connectivity index (χ2v) is 7.50. The number of nitrogens with zero attached hydrogens (tertiary/aromatic N) is 3. The molecule has 0 radical (unpaired) electrons. The fourth-order valence-corrected chi connectivity index (χ4v) is 3.95. The molecule has 0 bridgehead atoms. The molecule has 1 saturated heterocycles. The van der Waals surface area contributed by atoms with Crippen LogP contribution in [-0.2, 0) is 0 Å². The predicted octanol–water partition coefficient (Wildman–Crippen LogP) is 4.10. The lowest BCUT2D eigenvalue weighted by Crippen LogP contribution is -2.48. The maximum atomic E-state index is 13.0. The van der Waals surface area contributed by atoms with Crippen molar-refractivity contribution in [2.75, 3.05) is 13.1 Å². The SMILES string of the molecule is O=C(NC1CCCCC1)N1CCC(c2nnc(-c3ccc(F)cc3)o2)CC1. The first kappa shape index (κ1) is 17.9.